The number of hydrogen-bond donors (Lipinski definition) is 2. The van der Waals surface area contributed by atoms with E-state index in [1.54, 1.807) is 0 Å². The standard InChI is InChI=1S/C8H6F3NO2S.C3H7NO2/c9-8(10,11)15(13,14)7-3-1-6(5-12)2-4-7;1-6-3(5)2-4/h1-5,12H;2,4H2,1H3. The molecule has 0 unspecified atom stereocenters. The molecule has 3 N–H and O–H groups in total. The number of ether oxygens (including phenoxy) is 1. The highest BCUT2D eigenvalue weighted by Gasteiger charge is 2.46. The van der Waals surface area contributed by atoms with E-state index >= 15 is 0 Å². The number of carbonyl (C=O) groups excluding carboxylic acids is 1. The van der Waals surface area contributed by atoms with Crippen molar-refractivity contribution in [3.05, 3.63) is 29.8 Å². The number of nitrogens with one attached hydrogen (secondary N) is 1. The van der Waals surface area contributed by atoms with Crippen LogP contribution in [0.2, 0.25) is 0 Å². The van der Waals surface area contributed by atoms with E-state index in [2.05, 4.69) is 4.74 Å². The second-order valence-corrected chi connectivity index (χ2v) is 5.38. The van der Waals surface area contributed by atoms with Crippen LogP contribution in [0.4, 0.5) is 13.2 Å². The van der Waals surface area contributed by atoms with Crippen LogP contribution in [-0.4, -0.2) is 39.8 Å². The van der Waals surface area contributed by atoms with Gasteiger partial charge in [0.25, 0.3) is 9.84 Å². The zero-order valence-corrected chi connectivity index (χ0v) is 11.7. The molecule has 0 saturated carbocycles. The van der Waals surface area contributed by atoms with Crippen LogP contribution in [0, 0.1) is 5.41 Å². The Morgan fingerprint density at radius 2 is 1.81 bits per heavy atom. The van der Waals surface area contributed by atoms with E-state index in [0.717, 1.165) is 30.5 Å². The first-order chi connectivity index (χ1) is 9.60. The van der Waals surface area contributed by atoms with Gasteiger partial charge in [-0.15, -0.1) is 0 Å². The third kappa shape index (κ3) is 5.52. The lowest BCUT2D eigenvalue weighted by Gasteiger charge is -2.07. The number of methoxy groups -OCH3 is 1. The van der Waals surface area contributed by atoms with Gasteiger partial charge in [0.1, 0.15) is 0 Å². The van der Waals surface area contributed by atoms with E-state index in [-0.39, 0.29) is 12.5 Å². The van der Waals surface area contributed by atoms with Crippen molar-refractivity contribution in [1.29, 1.82) is 5.41 Å². The van der Waals surface area contributed by atoms with Gasteiger partial charge in [-0.05, 0) is 17.7 Å². The number of rotatable bonds is 3. The molecule has 1 rings (SSSR count). The molecule has 0 saturated heterocycles. The summed E-state index contributed by atoms with van der Waals surface area (Å²) in [6.45, 7) is -0.0312. The summed E-state index contributed by atoms with van der Waals surface area (Å²) in [4.78, 5) is 9.01. The molecule has 0 aromatic heterocycles. The van der Waals surface area contributed by atoms with Gasteiger partial charge in [0.15, 0.2) is 0 Å². The Morgan fingerprint density at radius 1 is 1.33 bits per heavy atom. The molecular weight excluding hydrogens is 313 g/mol. The number of sulfone groups is 1. The van der Waals surface area contributed by atoms with Gasteiger partial charge in [0, 0.05) is 6.21 Å². The summed E-state index contributed by atoms with van der Waals surface area (Å²) in [5.41, 5.74) is -0.155. The van der Waals surface area contributed by atoms with Crippen LogP contribution in [0.25, 0.3) is 0 Å². The molecule has 0 fully saturated rings. The van der Waals surface area contributed by atoms with Crippen molar-refractivity contribution in [3.8, 4) is 0 Å². The fraction of sp³-hybridized carbons (Fsp3) is 0.273. The molecule has 0 atom stereocenters. The van der Waals surface area contributed by atoms with Crippen LogP contribution < -0.4 is 5.73 Å². The van der Waals surface area contributed by atoms with Crippen LogP contribution in [0.3, 0.4) is 0 Å². The Balaban J connectivity index is 0.000000567. The molecule has 0 aliphatic carbocycles. The van der Waals surface area contributed by atoms with Crippen LogP contribution in [-0.2, 0) is 19.4 Å². The highest BCUT2D eigenvalue weighted by Crippen LogP contribution is 2.29. The minimum absolute atomic E-state index is 0.0312. The number of nitrogens with two attached hydrogens (primary N) is 1. The molecule has 1 aromatic rings. The average Bonchev–Trinajstić information content (AvgIpc) is 2.45. The molecule has 6 nitrogen and oxygen atoms in total. The van der Waals surface area contributed by atoms with E-state index in [1.165, 1.54) is 7.11 Å². The molecule has 21 heavy (non-hydrogen) atoms. The van der Waals surface area contributed by atoms with Gasteiger partial charge in [0.2, 0.25) is 0 Å². The van der Waals surface area contributed by atoms with Crippen molar-refractivity contribution >= 4 is 22.0 Å². The van der Waals surface area contributed by atoms with Gasteiger partial charge < -0.3 is 15.9 Å². The van der Waals surface area contributed by atoms with Gasteiger partial charge >= 0.3 is 11.5 Å². The summed E-state index contributed by atoms with van der Waals surface area (Å²) in [5, 5.41) is 6.80. The Kier molecular flexibility index (Phi) is 7.02. The molecular formula is C11H13F3N2O4S. The first-order valence-electron chi connectivity index (χ1n) is 5.29. The molecule has 0 aliphatic heterocycles. The van der Waals surface area contributed by atoms with Crippen LogP contribution in [0.5, 0.6) is 0 Å². The zero-order valence-electron chi connectivity index (χ0n) is 10.8. The van der Waals surface area contributed by atoms with Gasteiger partial charge in [0.05, 0.1) is 18.6 Å². The number of hydrogen-bond acceptors (Lipinski definition) is 6. The molecule has 0 bridgehead atoms. The second-order valence-electron chi connectivity index (χ2n) is 3.44. The Bertz CT molecular complexity index is 576. The predicted octanol–water partition coefficient (Wildman–Crippen LogP) is 1.10. The molecule has 10 heteroatoms. The fourth-order valence-corrected chi connectivity index (χ4v) is 1.72. The summed E-state index contributed by atoms with van der Waals surface area (Å²) in [6, 6.07) is 3.91. The van der Waals surface area contributed by atoms with E-state index in [0.29, 0.717) is 5.56 Å². The third-order valence-electron chi connectivity index (χ3n) is 2.06. The van der Waals surface area contributed by atoms with Gasteiger partial charge in [-0.25, -0.2) is 8.42 Å². The lowest BCUT2D eigenvalue weighted by Crippen LogP contribution is -2.23. The Morgan fingerprint density at radius 3 is 2.05 bits per heavy atom. The summed E-state index contributed by atoms with van der Waals surface area (Å²) in [5.74, 6) is -0.380. The minimum atomic E-state index is -5.29. The van der Waals surface area contributed by atoms with Crippen molar-refractivity contribution in [3.63, 3.8) is 0 Å². The smallest absolute Gasteiger partial charge is 0.468 e. The quantitative estimate of drug-likeness (QED) is 0.638. The van der Waals surface area contributed by atoms with Gasteiger partial charge in [-0.3, -0.25) is 4.79 Å². The van der Waals surface area contributed by atoms with E-state index in [9.17, 15) is 26.4 Å². The Labute approximate surface area is 119 Å². The lowest BCUT2D eigenvalue weighted by atomic mass is 10.2. The number of esters is 1. The topological polar surface area (TPSA) is 110 Å². The second kappa shape index (κ2) is 7.74. The highest BCUT2D eigenvalue weighted by molar-refractivity contribution is 7.92. The first kappa shape index (κ1) is 19.1. The number of benzene rings is 1. The molecule has 1 aromatic carbocycles. The van der Waals surface area contributed by atoms with E-state index in [1.807, 2.05) is 0 Å². The molecule has 0 radical (unpaired) electrons. The van der Waals surface area contributed by atoms with Crippen LogP contribution in [0.1, 0.15) is 5.56 Å². The zero-order chi connectivity index (χ0) is 16.7. The molecule has 0 amide bonds. The lowest BCUT2D eigenvalue weighted by molar-refractivity contribution is -0.138. The van der Waals surface area contributed by atoms with Gasteiger partial charge in [-0.1, -0.05) is 12.1 Å². The van der Waals surface area contributed by atoms with Crippen molar-refractivity contribution in [1.82, 2.24) is 0 Å². The largest absolute Gasteiger partial charge is 0.501 e. The summed E-state index contributed by atoms with van der Waals surface area (Å²) in [6.07, 6.45) is 0.907. The maximum Gasteiger partial charge on any atom is 0.501 e. The van der Waals surface area contributed by atoms with Crippen molar-refractivity contribution in [2.24, 2.45) is 5.73 Å². The van der Waals surface area contributed by atoms with Crippen molar-refractivity contribution in [2.75, 3.05) is 13.7 Å². The Hall–Kier alpha value is -1.94. The van der Waals surface area contributed by atoms with Crippen molar-refractivity contribution < 1.29 is 31.1 Å². The molecule has 118 valence electrons. The molecule has 0 spiro atoms. The third-order valence-corrected chi connectivity index (χ3v) is 3.56. The van der Waals surface area contributed by atoms with Gasteiger partial charge in [-0.2, -0.15) is 13.2 Å². The number of alkyl halides is 3. The maximum atomic E-state index is 12.1. The van der Waals surface area contributed by atoms with Crippen molar-refractivity contribution in [2.45, 2.75) is 10.4 Å². The normalized spacial score (nSPS) is 11.1. The van der Waals surface area contributed by atoms with E-state index in [4.69, 9.17) is 11.1 Å². The fourth-order valence-electron chi connectivity index (χ4n) is 0.960. The maximum absolute atomic E-state index is 12.1. The summed E-state index contributed by atoms with van der Waals surface area (Å²) in [7, 11) is -3.98. The summed E-state index contributed by atoms with van der Waals surface area (Å²) >= 11 is 0. The minimum Gasteiger partial charge on any atom is -0.468 e. The average molecular weight is 326 g/mol. The monoisotopic (exact) mass is 326 g/mol. The molecule has 0 aliphatic rings. The highest BCUT2D eigenvalue weighted by atomic mass is 32.2. The SMILES string of the molecule is COC(=O)CN.N=Cc1ccc(S(=O)(=O)C(F)(F)F)cc1. The first-order valence-corrected chi connectivity index (χ1v) is 6.77. The van der Waals surface area contributed by atoms with Crippen LogP contribution >= 0.6 is 0 Å². The number of carbonyl (C=O) groups is 1. The van der Waals surface area contributed by atoms with Crippen LogP contribution in [0.15, 0.2) is 29.2 Å². The van der Waals surface area contributed by atoms with E-state index < -0.39 is 20.2 Å². The predicted molar refractivity (Wildman–Crippen MR) is 68.6 cm³/mol. The number of halogens is 3. The molecule has 0 heterocycles. The summed E-state index contributed by atoms with van der Waals surface area (Å²) < 4.78 is 62.1.